The van der Waals surface area contributed by atoms with E-state index in [9.17, 15) is 9.59 Å². The molecule has 6 nitrogen and oxygen atoms in total. The number of ether oxygens (including phenoxy) is 1. The maximum atomic E-state index is 12.9. The standard InChI is InChI=1S/C20H27N3O3/c24-19(22-11-13-26-14-12-22)16-4-6-17(7-5-16)20(25)23-10-9-21-8-2-1-3-18(21)15-23/h4-7,18H,1-3,8-15H2. The average Bonchev–Trinajstić information content (AvgIpc) is 2.73. The van der Waals surface area contributed by atoms with Gasteiger partial charge in [0.25, 0.3) is 11.8 Å². The van der Waals surface area contributed by atoms with Crippen molar-refractivity contribution < 1.29 is 14.3 Å². The Labute approximate surface area is 154 Å². The number of piperazine rings is 1. The van der Waals surface area contributed by atoms with Gasteiger partial charge < -0.3 is 14.5 Å². The zero-order chi connectivity index (χ0) is 17.9. The van der Waals surface area contributed by atoms with Crippen LogP contribution in [0.25, 0.3) is 0 Å². The lowest BCUT2D eigenvalue weighted by Gasteiger charge is -2.44. The van der Waals surface area contributed by atoms with E-state index < -0.39 is 0 Å². The number of benzene rings is 1. The highest BCUT2D eigenvalue weighted by atomic mass is 16.5. The van der Waals surface area contributed by atoms with Crippen LogP contribution in [0.4, 0.5) is 0 Å². The molecule has 3 heterocycles. The van der Waals surface area contributed by atoms with E-state index in [-0.39, 0.29) is 11.8 Å². The van der Waals surface area contributed by atoms with E-state index in [0.29, 0.717) is 43.5 Å². The van der Waals surface area contributed by atoms with Crippen molar-refractivity contribution >= 4 is 11.8 Å². The van der Waals surface area contributed by atoms with Crippen molar-refractivity contribution in [1.29, 1.82) is 0 Å². The molecule has 3 aliphatic heterocycles. The number of hydrogen-bond donors (Lipinski definition) is 0. The van der Waals surface area contributed by atoms with Crippen LogP contribution in [0.2, 0.25) is 0 Å². The lowest BCUT2D eigenvalue weighted by atomic mass is 9.99. The molecule has 1 aromatic carbocycles. The molecule has 0 aromatic heterocycles. The van der Waals surface area contributed by atoms with Gasteiger partial charge in [-0.05, 0) is 43.7 Å². The molecule has 0 radical (unpaired) electrons. The topological polar surface area (TPSA) is 53.1 Å². The van der Waals surface area contributed by atoms with Crippen molar-refractivity contribution in [3.8, 4) is 0 Å². The summed E-state index contributed by atoms with van der Waals surface area (Å²) in [6.07, 6.45) is 3.74. The molecule has 1 unspecified atom stereocenters. The summed E-state index contributed by atoms with van der Waals surface area (Å²) in [5.41, 5.74) is 1.31. The molecule has 3 fully saturated rings. The smallest absolute Gasteiger partial charge is 0.254 e. The van der Waals surface area contributed by atoms with Gasteiger partial charge in [-0.15, -0.1) is 0 Å². The fourth-order valence-corrected chi connectivity index (χ4v) is 4.23. The molecule has 140 valence electrons. The van der Waals surface area contributed by atoms with E-state index in [1.54, 1.807) is 24.3 Å². The van der Waals surface area contributed by atoms with Crippen LogP contribution < -0.4 is 0 Å². The van der Waals surface area contributed by atoms with Gasteiger partial charge in [-0.3, -0.25) is 14.5 Å². The second-order valence-electron chi connectivity index (χ2n) is 7.42. The number of fused-ring (bicyclic) bond motifs is 1. The number of carbonyl (C=O) groups is 2. The first-order chi connectivity index (χ1) is 12.7. The molecular formula is C20H27N3O3. The summed E-state index contributed by atoms with van der Waals surface area (Å²) in [5, 5.41) is 0. The van der Waals surface area contributed by atoms with Crippen LogP contribution in [0.5, 0.6) is 0 Å². The molecule has 0 N–H and O–H groups in total. The summed E-state index contributed by atoms with van der Waals surface area (Å²) in [5.74, 6) is 0.101. The minimum absolute atomic E-state index is 0.0168. The van der Waals surface area contributed by atoms with Gasteiger partial charge in [0, 0.05) is 49.9 Å². The van der Waals surface area contributed by atoms with Gasteiger partial charge in [-0.25, -0.2) is 0 Å². The summed E-state index contributed by atoms with van der Waals surface area (Å²) < 4.78 is 5.29. The van der Waals surface area contributed by atoms with Gasteiger partial charge in [0.05, 0.1) is 13.2 Å². The highest BCUT2D eigenvalue weighted by Gasteiger charge is 2.31. The Hall–Kier alpha value is -1.92. The predicted molar refractivity (Wildman–Crippen MR) is 98.3 cm³/mol. The average molecular weight is 357 g/mol. The van der Waals surface area contributed by atoms with E-state index >= 15 is 0 Å². The largest absolute Gasteiger partial charge is 0.378 e. The van der Waals surface area contributed by atoms with E-state index in [1.807, 2.05) is 9.80 Å². The quantitative estimate of drug-likeness (QED) is 0.804. The van der Waals surface area contributed by atoms with Gasteiger partial charge >= 0.3 is 0 Å². The van der Waals surface area contributed by atoms with Crippen molar-refractivity contribution in [1.82, 2.24) is 14.7 Å². The third kappa shape index (κ3) is 3.62. The van der Waals surface area contributed by atoms with Crippen LogP contribution in [-0.2, 0) is 4.74 Å². The van der Waals surface area contributed by atoms with Crippen molar-refractivity contribution in [3.63, 3.8) is 0 Å². The van der Waals surface area contributed by atoms with Crippen LogP contribution in [-0.4, -0.2) is 85.0 Å². The molecule has 1 aromatic rings. The highest BCUT2D eigenvalue weighted by Crippen LogP contribution is 2.22. The first kappa shape index (κ1) is 17.5. The molecule has 0 bridgehead atoms. The number of nitrogens with zero attached hydrogens (tertiary/aromatic N) is 3. The van der Waals surface area contributed by atoms with Gasteiger partial charge in [-0.1, -0.05) is 6.42 Å². The highest BCUT2D eigenvalue weighted by molar-refractivity contribution is 5.98. The molecule has 6 heteroatoms. The molecule has 26 heavy (non-hydrogen) atoms. The summed E-state index contributed by atoms with van der Waals surface area (Å²) >= 11 is 0. The minimum Gasteiger partial charge on any atom is -0.378 e. The lowest BCUT2D eigenvalue weighted by Crippen LogP contribution is -2.56. The van der Waals surface area contributed by atoms with Crippen LogP contribution in [0, 0.1) is 0 Å². The van der Waals surface area contributed by atoms with E-state index in [2.05, 4.69) is 4.90 Å². The fraction of sp³-hybridized carbons (Fsp3) is 0.600. The van der Waals surface area contributed by atoms with E-state index in [1.165, 1.54) is 25.8 Å². The maximum Gasteiger partial charge on any atom is 0.254 e. The molecule has 3 aliphatic rings. The molecular weight excluding hydrogens is 330 g/mol. The monoisotopic (exact) mass is 357 g/mol. The fourth-order valence-electron chi connectivity index (χ4n) is 4.23. The molecule has 4 rings (SSSR count). The minimum atomic E-state index is 0.0168. The molecule has 3 saturated heterocycles. The van der Waals surface area contributed by atoms with Gasteiger partial charge in [0.15, 0.2) is 0 Å². The lowest BCUT2D eigenvalue weighted by molar-refractivity contribution is 0.0302. The number of morpholine rings is 1. The van der Waals surface area contributed by atoms with Crippen molar-refractivity contribution in [2.75, 3.05) is 52.5 Å². The van der Waals surface area contributed by atoms with Crippen LogP contribution in [0.15, 0.2) is 24.3 Å². The second-order valence-corrected chi connectivity index (χ2v) is 7.42. The van der Waals surface area contributed by atoms with Gasteiger partial charge in [0.2, 0.25) is 0 Å². The number of hydrogen-bond acceptors (Lipinski definition) is 4. The maximum absolute atomic E-state index is 12.9. The molecule has 2 amide bonds. The molecule has 1 atom stereocenters. The summed E-state index contributed by atoms with van der Waals surface area (Å²) in [4.78, 5) is 31.7. The zero-order valence-electron chi connectivity index (χ0n) is 15.2. The van der Waals surface area contributed by atoms with E-state index in [0.717, 1.165) is 19.6 Å². The van der Waals surface area contributed by atoms with Crippen LogP contribution >= 0.6 is 0 Å². The Morgan fingerprint density at radius 3 is 2.15 bits per heavy atom. The zero-order valence-corrected chi connectivity index (χ0v) is 15.2. The molecule has 0 aliphatic carbocycles. The number of carbonyl (C=O) groups excluding carboxylic acids is 2. The van der Waals surface area contributed by atoms with E-state index in [4.69, 9.17) is 4.74 Å². The van der Waals surface area contributed by atoms with Gasteiger partial charge in [-0.2, -0.15) is 0 Å². The van der Waals surface area contributed by atoms with Crippen molar-refractivity contribution in [2.45, 2.75) is 25.3 Å². The Bertz CT molecular complexity index is 655. The Morgan fingerprint density at radius 1 is 0.808 bits per heavy atom. The SMILES string of the molecule is O=C(c1ccc(C(=O)N2CCN3CCCCC3C2)cc1)N1CCOCC1. The third-order valence-corrected chi connectivity index (χ3v) is 5.80. The van der Waals surface area contributed by atoms with Crippen LogP contribution in [0.3, 0.4) is 0 Å². The Balaban J connectivity index is 1.40. The summed E-state index contributed by atoms with van der Waals surface area (Å²) in [6.45, 7) is 6.22. The predicted octanol–water partition coefficient (Wildman–Crippen LogP) is 1.47. The number of piperidine rings is 1. The van der Waals surface area contributed by atoms with Crippen molar-refractivity contribution in [3.05, 3.63) is 35.4 Å². The Morgan fingerprint density at radius 2 is 1.46 bits per heavy atom. The van der Waals surface area contributed by atoms with Gasteiger partial charge in [0.1, 0.15) is 0 Å². The normalized spacial score (nSPS) is 24.2. The molecule has 0 saturated carbocycles. The number of rotatable bonds is 2. The second kappa shape index (κ2) is 7.76. The summed E-state index contributed by atoms with van der Waals surface area (Å²) in [7, 11) is 0. The number of amides is 2. The third-order valence-electron chi connectivity index (χ3n) is 5.80. The first-order valence-corrected chi connectivity index (χ1v) is 9.73. The first-order valence-electron chi connectivity index (χ1n) is 9.73. The Kier molecular flexibility index (Phi) is 5.22. The molecule has 0 spiro atoms. The van der Waals surface area contributed by atoms with Crippen molar-refractivity contribution in [2.24, 2.45) is 0 Å². The summed E-state index contributed by atoms with van der Waals surface area (Å²) in [6, 6.07) is 7.67. The van der Waals surface area contributed by atoms with Crippen LogP contribution in [0.1, 0.15) is 40.0 Å².